The number of aromatic carboxylic acids is 1. The van der Waals surface area contributed by atoms with Crippen LogP contribution >= 0.6 is 0 Å². The van der Waals surface area contributed by atoms with E-state index in [1.807, 2.05) is 24.3 Å². The van der Waals surface area contributed by atoms with Gasteiger partial charge in [-0.05, 0) is 22.3 Å². The predicted octanol–water partition coefficient (Wildman–Crippen LogP) is 2.78. The lowest BCUT2D eigenvalue weighted by Gasteiger charge is -2.38. The summed E-state index contributed by atoms with van der Waals surface area (Å²) in [6, 6.07) is 16.2. The number of benzene rings is 2. The predicted molar refractivity (Wildman–Crippen MR) is 103 cm³/mol. The number of rotatable bonds is 4. The molecule has 1 aliphatic carbocycles. The van der Waals surface area contributed by atoms with Crippen molar-refractivity contribution in [3.8, 4) is 11.1 Å². The van der Waals surface area contributed by atoms with E-state index in [0.29, 0.717) is 13.1 Å². The van der Waals surface area contributed by atoms with Gasteiger partial charge >= 0.3 is 12.1 Å². The molecule has 2 heterocycles. The Hall–Kier alpha value is -3.68. The zero-order valence-electron chi connectivity index (χ0n) is 15.4. The lowest BCUT2D eigenvalue weighted by Crippen LogP contribution is -2.51. The summed E-state index contributed by atoms with van der Waals surface area (Å²) in [7, 11) is 0. The number of fused-ring (bicyclic) bond motifs is 3. The molecule has 0 saturated carbocycles. The van der Waals surface area contributed by atoms with Gasteiger partial charge in [-0.3, -0.25) is 0 Å². The number of carbonyl (C=O) groups excluding carboxylic acids is 1. The Morgan fingerprint density at radius 2 is 1.66 bits per heavy atom. The summed E-state index contributed by atoms with van der Waals surface area (Å²) in [5, 5.41) is 13.1. The smallest absolute Gasteiger partial charge is 0.409 e. The van der Waals surface area contributed by atoms with E-state index in [9.17, 15) is 9.59 Å². The SMILES string of the molecule is O=C(O)c1ncnn1C1CN(C(=O)OCC2c3ccccc3-c3ccccc32)C1. The molecule has 1 aliphatic heterocycles. The van der Waals surface area contributed by atoms with Gasteiger partial charge in [0.1, 0.15) is 12.9 Å². The van der Waals surface area contributed by atoms with Crippen LogP contribution in [0.1, 0.15) is 33.7 Å². The van der Waals surface area contributed by atoms with Crippen LogP contribution in [0.15, 0.2) is 54.9 Å². The van der Waals surface area contributed by atoms with Gasteiger partial charge in [-0.15, -0.1) is 0 Å². The molecule has 2 aromatic carbocycles. The zero-order chi connectivity index (χ0) is 20.0. The quantitative estimate of drug-likeness (QED) is 0.736. The maximum absolute atomic E-state index is 12.5. The molecule has 1 N–H and O–H groups in total. The lowest BCUT2D eigenvalue weighted by atomic mass is 9.98. The number of carbonyl (C=O) groups is 2. The van der Waals surface area contributed by atoms with Gasteiger partial charge in [-0.2, -0.15) is 5.10 Å². The third-order valence-corrected chi connectivity index (χ3v) is 5.57. The van der Waals surface area contributed by atoms with E-state index in [1.54, 1.807) is 4.90 Å². The molecule has 8 nitrogen and oxygen atoms in total. The summed E-state index contributed by atoms with van der Waals surface area (Å²) >= 11 is 0. The molecular formula is C21H18N4O4. The van der Waals surface area contributed by atoms with Gasteiger partial charge in [0, 0.05) is 19.0 Å². The minimum Gasteiger partial charge on any atom is -0.475 e. The fraction of sp³-hybridized carbons (Fsp3) is 0.238. The van der Waals surface area contributed by atoms with Gasteiger partial charge < -0.3 is 14.7 Å². The molecule has 0 atom stereocenters. The average molecular weight is 390 g/mol. The molecule has 1 saturated heterocycles. The fourth-order valence-electron chi connectivity index (χ4n) is 4.11. The average Bonchev–Trinajstić information content (AvgIpc) is 3.29. The molecule has 1 fully saturated rings. The molecule has 5 rings (SSSR count). The summed E-state index contributed by atoms with van der Waals surface area (Å²) in [4.78, 5) is 28.9. The molecule has 146 valence electrons. The number of hydrogen-bond donors (Lipinski definition) is 1. The molecule has 0 radical (unpaired) electrons. The van der Waals surface area contributed by atoms with E-state index in [0.717, 1.165) is 11.1 Å². The van der Waals surface area contributed by atoms with Gasteiger partial charge in [-0.1, -0.05) is 48.5 Å². The molecule has 3 aromatic rings. The Balaban J connectivity index is 1.24. The lowest BCUT2D eigenvalue weighted by molar-refractivity contribution is 0.0488. The zero-order valence-corrected chi connectivity index (χ0v) is 15.4. The minimum atomic E-state index is -1.14. The highest BCUT2D eigenvalue weighted by Gasteiger charge is 2.37. The fourth-order valence-corrected chi connectivity index (χ4v) is 4.11. The highest BCUT2D eigenvalue weighted by Crippen LogP contribution is 2.44. The number of nitrogens with zero attached hydrogens (tertiary/aromatic N) is 4. The van der Waals surface area contributed by atoms with Crippen LogP contribution in [0, 0.1) is 0 Å². The van der Waals surface area contributed by atoms with Gasteiger partial charge in [0.15, 0.2) is 0 Å². The Labute approximate surface area is 166 Å². The minimum absolute atomic E-state index is 0.0114. The third-order valence-electron chi connectivity index (χ3n) is 5.57. The van der Waals surface area contributed by atoms with Gasteiger partial charge in [0.25, 0.3) is 0 Å². The summed E-state index contributed by atoms with van der Waals surface area (Å²) in [6.07, 6.45) is 0.805. The number of hydrogen-bond acceptors (Lipinski definition) is 5. The first kappa shape index (κ1) is 17.4. The van der Waals surface area contributed by atoms with Crippen molar-refractivity contribution in [3.63, 3.8) is 0 Å². The van der Waals surface area contributed by atoms with E-state index in [4.69, 9.17) is 9.84 Å². The van der Waals surface area contributed by atoms with Crippen LogP contribution < -0.4 is 0 Å². The molecule has 1 aromatic heterocycles. The van der Waals surface area contributed by atoms with Crippen molar-refractivity contribution in [1.82, 2.24) is 19.7 Å². The van der Waals surface area contributed by atoms with Gasteiger partial charge in [0.05, 0.1) is 6.04 Å². The molecule has 0 spiro atoms. The number of carboxylic acids is 1. The second-order valence-electron chi connectivity index (χ2n) is 7.20. The van der Waals surface area contributed by atoms with Crippen LogP contribution in [-0.4, -0.2) is 56.5 Å². The van der Waals surface area contributed by atoms with Crippen LogP contribution in [0.2, 0.25) is 0 Å². The molecule has 29 heavy (non-hydrogen) atoms. The van der Waals surface area contributed by atoms with E-state index >= 15 is 0 Å². The largest absolute Gasteiger partial charge is 0.475 e. The Morgan fingerprint density at radius 3 is 2.28 bits per heavy atom. The molecule has 0 bridgehead atoms. The molecule has 8 heteroatoms. The number of carboxylic acid groups (broad SMARTS) is 1. The van der Waals surface area contributed by atoms with Crippen LogP contribution in [-0.2, 0) is 4.74 Å². The summed E-state index contributed by atoms with van der Waals surface area (Å²) in [6.45, 7) is 0.957. The Morgan fingerprint density at radius 1 is 1.03 bits per heavy atom. The summed E-state index contributed by atoms with van der Waals surface area (Å²) in [5.41, 5.74) is 4.69. The van der Waals surface area contributed by atoms with Crippen LogP contribution in [0.3, 0.4) is 0 Å². The second kappa shape index (κ2) is 6.73. The first-order valence-electron chi connectivity index (χ1n) is 9.36. The van der Waals surface area contributed by atoms with Crippen molar-refractivity contribution in [2.45, 2.75) is 12.0 Å². The number of ether oxygens (including phenoxy) is 1. The van der Waals surface area contributed by atoms with Crippen molar-refractivity contribution in [2.24, 2.45) is 0 Å². The normalized spacial score (nSPS) is 15.5. The number of aromatic nitrogens is 3. The number of amides is 1. The molecular weight excluding hydrogens is 372 g/mol. The highest BCUT2D eigenvalue weighted by atomic mass is 16.6. The first-order valence-corrected chi connectivity index (χ1v) is 9.36. The molecule has 2 aliphatic rings. The van der Waals surface area contributed by atoms with E-state index < -0.39 is 12.1 Å². The van der Waals surface area contributed by atoms with Crippen LogP contribution in [0.4, 0.5) is 4.79 Å². The molecule has 1 amide bonds. The summed E-state index contributed by atoms with van der Waals surface area (Å²) in [5.74, 6) is -1.25. The van der Waals surface area contributed by atoms with Gasteiger partial charge in [0.2, 0.25) is 5.82 Å². The van der Waals surface area contributed by atoms with Crippen molar-refractivity contribution >= 4 is 12.1 Å². The summed E-state index contributed by atoms with van der Waals surface area (Å²) < 4.78 is 6.96. The second-order valence-corrected chi connectivity index (χ2v) is 7.20. The monoisotopic (exact) mass is 390 g/mol. The maximum Gasteiger partial charge on any atom is 0.409 e. The van der Waals surface area contributed by atoms with E-state index in [-0.39, 0.29) is 24.4 Å². The van der Waals surface area contributed by atoms with Crippen molar-refractivity contribution in [2.75, 3.05) is 19.7 Å². The van der Waals surface area contributed by atoms with Crippen molar-refractivity contribution in [1.29, 1.82) is 0 Å². The first-order chi connectivity index (χ1) is 14.1. The Bertz CT molecular complexity index is 1060. The highest BCUT2D eigenvalue weighted by molar-refractivity contribution is 5.83. The maximum atomic E-state index is 12.5. The van der Waals surface area contributed by atoms with Crippen molar-refractivity contribution in [3.05, 3.63) is 71.8 Å². The number of likely N-dealkylation sites (tertiary alicyclic amines) is 1. The van der Waals surface area contributed by atoms with Crippen LogP contribution in [0.25, 0.3) is 11.1 Å². The van der Waals surface area contributed by atoms with Crippen molar-refractivity contribution < 1.29 is 19.4 Å². The Kier molecular flexibility index (Phi) is 4.04. The topological polar surface area (TPSA) is 97.5 Å². The standard InChI is InChI=1S/C21H18N4O4/c26-20(27)19-22-12-23-25(19)13-9-24(10-13)21(28)29-11-18-16-7-3-1-5-14(16)15-6-2-4-8-17(15)18/h1-8,12-13,18H,9-11H2,(H,26,27). The third kappa shape index (κ3) is 2.84. The van der Waals surface area contributed by atoms with E-state index in [1.165, 1.54) is 22.1 Å². The van der Waals surface area contributed by atoms with Gasteiger partial charge in [-0.25, -0.2) is 19.3 Å². The van der Waals surface area contributed by atoms with Crippen LogP contribution in [0.5, 0.6) is 0 Å². The molecule has 0 unspecified atom stereocenters. The van der Waals surface area contributed by atoms with E-state index in [2.05, 4.69) is 34.3 Å².